The predicted octanol–water partition coefficient (Wildman–Crippen LogP) is 3.06. The summed E-state index contributed by atoms with van der Waals surface area (Å²) in [4.78, 5) is 4.35. The van der Waals surface area contributed by atoms with Crippen molar-refractivity contribution in [3.8, 4) is 0 Å². The van der Waals surface area contributed by atoms with Gasteiger partial charge in [0.1, 0.15) is 5.52 Å². The maximum absolute atomic E-state index is 5.55. The van der Waals surface area contributed by atoms with Crippen LogP contribution in [0.1, 0.15) is 22.6 Å². The van der Waals surface area contributed by atoms with Crippen LogP contribution in [-0.2, 0) is 0 Å². The van der Waals surface area contributed by atoms with E-state index in [4.69, 9.17) is 4.42 Å². The summed E-state index contributed by atoms with van der Waals surface area (Å²) >= 11 is 0. The van der Waals surface area contributed by atoms with Crippen LogP contribution in [-0.4, -0.2) is 4.98 Å². The van der Waals surface area contributed by atoms with Crippen molar-refractivity contribution in [2.45, 2.75) is 27.7 Å². The molecule has 1 heterocycles. The molecule has 0 aliphatic heterocycles. The summed E-state index contributed by atoms with van der Waals surface area (Å²) in [6.45, 7) is 8.12. The van der Waals surface area contributed by atoms with Gasteiger partial charge in [-0.05, 0) is 37.5 Å². The minimum absolute atomic E-state index is 0.742. The van der Waals surface area contributed by atoms with Gasteiger partial charge in [-0.2, -0.15) is 0 Å². The highest BCUT2D eigenvalue weighted by Crippen LogP contribution is 2.25. The molecule has 2 nitrogen and oxygen atoms in total. The van der Waals surface area contributed by atoms with E-state index < -0.39 is 0 Å². The van der Waals surface area contributed by atoms with Crippen molar-refractivity contribution >= 4 is 11.1 Å². The van der Waals surface area contributed by atoms with E-state index in [1.807, 2.05) is 6.92 Å². The Morgan fingerprint density at radius 2 is 1.77 bits per heavy atom. The molecule has 0 saturated heterocycles. The first-order valence-corrected chi connectivity index (χ1v) is 4.43. The summed E-state index contributed by atoms with van der Waals surface area (Å²) in [7, 11) is 0. The molecule has 1 aromatic carbocycles. The second-order valence-electron chi connectivity index (χ2n) is 3.55. The van der Waals surface area contributed by atoms with Crippen molar-refractivity contribution in [3.05, 3.63) is 28.6 Å². The predicted molar refractivity (Wildman–Crippen MR) is 53.0 cm³/mol. The molecule has 0 N–H and O–H groups in total. The molecular weight excluding hydrogens is 162 g/mol. The van der Waals surface area contributed by atoms with Gasteiger partial charge in [0, 0.05) is 6.92 Å². The largest absolute Gasteiger partial charge is 0.441 e. The van der Waals surface area contributed by atoms with Crippen molar-refractivity contribution in [2.75, 3.05) is 0 Å². The lowest BCUT2D eigenvalue weighted by molar-refractivity contribution is 0.559. The number of aromatic nitrogens is 1. The van der Waals surface area contributed by atoms with Crippen molar-refractivity contribution in [1.82, 2.24) is 4.98 Å². The molecule has 2 aromatic rings. The monoisotopic (exact) mass is 175 g/mol. The highest BCUT2D eigenvalue weighted by Gasteiger charge is 2.09. The second kappa shape index (κ2) is 2.59. The van der Waals surface area contributed by atoms with E-state index >= 15 is 0 Å². The number of aryl methyl sites for hydroxylation is 4. The minimum atomic E-state index is 0.742. The molecule has 0 radical (unpaired) electrons. The Morgan fingerprint density at radius 3 is 2.46 bits per heavy atom. The third-order valence-corrected chi connectivity index (χ3v) is 2.47. The Hall–Kier alpha value is -1.31. The number of fused-ring (bicyclic) bond motifs is 1. The van der Waals surface area contributed by atoms with Gasteiger partial charge >= 0.3 is 0 Å². The fraction of sp³-hybridized carbons (Fsp3) is 0.364. The fourth-order valence-electron chi connectivity index (χ4n) is 1.63. The van der Waals surface area contributed by atoms with E-state index in [1.165, 1.54) is 16.7 Å². The molecule has 0 amide bonds. The highest BCUT2D eigenvalue weighted by molar-refractivity contribution is 5.80. The molecule has 2 heteroatoms. The van der Waals surface area contributed by atoms with Crippen LogP contribution < -0.4 is 0 Å². The molecule has 0 unspecified atom stereocenters. The van der Waals surface area contributed by atoms with E-state index in [2.05, 4.69) is 31.8 Å². The maximum atomic E-state index is 5.55. The first-order chi connectivity index (χ1) is 6.09. The summed E-state index contributed by atoms with van der Waals surface area (Å²) in [6.07, 6.45) is 0. The number of rotatable bonds is 0. The molecule has 0 atom stereocenters. The Balaban J connectivity index is 2.95. The molecule has 0 saturated carbocycles. The molecule has 0 bridgehead atoms. The molecule has 13 heavy (non-hydrogen) atoms. The van der Waals surface area contributed by atoms with E-state index in [-0.39, 0.29) is 0 Å². The van der Waals surface area contributed by atoms with Crippen molar-refractivity contribution in [2.24, 2.45) is 0 Å². The highest BCUT2D eigenvalue weighted by atomic mass is 16.3. The second-order valence-corrected chi connectivity index (χ2v) is 3.55. The normalized spacial score (nSPS) is 11.1. The van der Waals surface area contributed by atoms with Crippen LogP contribution in [0.3, 0.4) is 0 Å². The molecule has 0 fully saturated rings. The molecule has 68 valence electrons. The minimum Gasteiger partial charge on any atom is -0.441 e. The lowest BCUT2D eigenvalue weighted by Gasteiger charge is -2.01. The average Bonchev–Trinajstić information content (AvgIpc) is 2.44. The van der Waals surface area contributed by atoms with E-state index in [1.54, 1.807) is 0 Å². The van der Waals surface area contributed by atoms with Crippen LogP contribution in [0.5, 0.6) is 0 Å². The standard InChI is InChI=1S/C11H13NO/c1-6-5-7(2)10-11(8(6)3)13-9(4)12-10/h5H,1-4H3. The van der Waals surface area contributed by atoms with Crippen LogP contribution in [0.15, 0.2) is 10.5 Å². The van der Waals surface area contributed by atoms with Gasteiger partial charge in [0.25, 0.3) is 0 Å². The number of hydrogen-bond acceptors (Lipinski definition) is 2. The first kappa shape index (κ1) is 8.30. The first-order valence-electron chi connectivity index (χ1n) is 4.43. The molecule has 0 spiro atoms. The molecule has 2 rings (SSSR count). The summed E-state index contributed by atoms with van der Waals surface area (Å²) in [5, 5.41) is 0. The van der Waals surface area contributed by atoms with Gasteiger partial charge in [-0.25, -0.2) is 4.98 Å². The van der Waals surface area contributed by atoms with Crippen molar-refractivity contribution in [3.63, 3.8) is 0 Å². The Morgan fingerprint density at radius 1 is 1.08 bits per heavy atom. The zero-order chi connectivity index (χ0) is 9.59. The van der Waals surface area contributed by atoms with Crippen LogP contribution in [0.25, 0.3) is 11.1 Å². The molecule has 0 aliphatic rings. The molecular formula is C11H13NO. The van der Waals surface area contributed by atoms with Crippen LogP contribution >= 0.6 is 0 Å². The lowest BCUT2D eigenvalue weighted by Crippen LogP contribution is -1.85. The number of hydrogen-bond donors (Lipinski definition) is 0. The third-order valence-electron chi connectivity index (χ3n) is 2.47. The number of nitrogens with zero attached hydrogens (tertiary/aromatic N) is 1. The van der Waals surface area contributed by atoms with Crippen molar-refractivity contribution in [1.29, 1.82) is 0 Å². The van der Waals surface area contributed by atoms with E-state index in [0.29, 0.717) is 0 Å². The summed E-state index contributed by atoms with van der Waals surface area (Å²) < 4.78 is 5.55. The zero-order valence-corrected chi connectivity index (χ0v) is 8.43. The molecule has 0 aliphatic carbocycles. The Kier molecular flexibility index (Phi) is 1.65. The quantitative estimate of drug-likeness (QED) is 0.615. The number of oxazole rings is 1. The van der Waals surface area contributed by atoms with Crippen molar-refractivity contribution < 1.29 is 4.42 Å². The fourth-order valence-corrected chi connectivity index (χ4v) is 1.63. The van der Waals surface area contributed by atoms with Gasteiger partial charge in [0.2, 0.25) is 0 Å². The average molecular weight is 175 g/mol. The van der Waals surface area contributed by atoms with Crippen LogP contribution in [0, 0.1) is 27.7 Å². The van der Waals surface area contributed by atoms with Gasteiger partial charge < -0.3 is 4.42 Å². The van der Waals surface area contributed by atoms with E-state index in [0.717, 1.165) is 17.0 Å². The number of benzene rings is 1. The van der Waals surface area contributed by atoms with Gasteiger partial charge in [-0.1, -0.05) is 6.07 Å². The smallest absolute Gasteiger partial charge is 0.192 e. The Labute approximate surface area is 77.6 Å². The SMILES string of the molecule is Cc1nc2c(C)cc(C)c(C)c2o1. The third kappa shape index (κ3) is 1.13. The topological polar surface area (TPSA) is 26.0 Å². The Bertz CT molecular complexity index is 468. The van der Waals surface area contributed by atoms with Gasteiger partial charge in [0.05, 0.1) is 0 Å². The van der Waals surface area contributed by atoms with Gasteiger partial charge in [0.15, 0.2) is 11.5 Å². The van der Waals surface area contributed by atoms with Crippen LogP contribution in [0.2, 0.25) is 0 Å². The summed E-state index contributed by atoms with van der Waals surface area (Å²) in [5.41, 5.74) is 5.59. The van der Waals surface area contributed by atoms with Gasteiger partial charge in [-0.15, -0.1) is 0 Å². The lowest BCUT2D eigenvalue weighted by atomic mass is 10.1. The molecule has 1 aromatic heterocycles. The van der Waals surface area contributed by atoms with Crippen LogP contribution in [0.4, 0.5) is 0 Å². The zero-order valence-electron chi connectivity index (χ0n) is 8.43. The summed E-state index contributed by atoms with van der Waals surface area (Å²) in [5.74, 6) is 0.742. The maximum Gasteiger partial charge on any atom is 0.192 e. The van der Waals surface area contributed by atoms with Gasteiger partial charge in [-0.3, -0.25) is 0 Å². The summed E-state index contributed by atoms with van der Waals surface area (Å²) in [6, 6.07) is 2.15. The van der Waals surface area contributed by atoms with E-state index in [9.17, 15) is 0 Å².